The predicted octanol–water partition coefficient (Wildman–Crippen LogP) is 4.50. The van der Waals surface area contributed by atoms with Crippen molar-refractivity contribution in [3.05, 3.63) is 59.2 Å². The third-order valence-corrected chi connectivity index (χ3v) is 6.33. The molecule has 0 fully saturated rings. The van der Waals surface area contributed by atoms with Gasteiger partial charge in [-0.2, -0.15) is 0 Å². The Morgan fingerprint density at radius 3 is 2.33 bits per heavy atom. The summed E-state index contributed by atoms with van der Waals surface area (Å²) in [5, 5.41) is 3.55. The van der Waals surface area contributed by atoms with E-state index in [4.69, 9.17) is 0 Å². The average Bonchev–Trinajstić information content (AvgIpc) is 3.01. The molecule has 0 bridgehead atoms. The number of hydrogen-bond acceptors (Lipinski definition) is 3. The minimum atomic E-state index is -3.57. The van der Waals surface area contributed by atoms with Gasteiger partial charge in [-0.3, -0.25) is 4.72 Å². The van der Waals surface area contributed by atoms with E-state index in [0.717, 1.165) is 31.4 Å². The molecule has 0 amide bonds. The normalized spacial score (nSPS) is 16.1. The minimum absolute atomic E-state index is 0. The maximum absolute atomic E-state index is 12.7. The number of nitrogens with one attached hydrogen (secondary N) is 2. The fourth-order valence-electron chi connectivity index (χ4n) is 3.42. The fraction of sp³-hybridized carbons (Fsp3) is 0.429. The predicted molar refractivity (Wildman–Crippen MR) is 115 cm³/mol. The Balaban J connectivity index is 0.00000261. The van der Waals surface area contributed by atoms with Gasteiger partial charge in [0, 0.05) is 11.7 Å². The van der Waals surface area contributed by atoms with Gasteiger partial charge in [-0.05, 0) is 72.7 Å². The second kappa shape index (κ2) is 9.09. The highest BCUT2D eigenvalue weighted by Gasteiger charge is 2.22. The van der Waals surface area contributed by atoms with Gasteiger partial charge >= 0.3 is 0 Å². The average molecular weight is 409 g/mol. The number of hydrogen-bond donors (Lipinski definition) is 2. The molecule has 27 heavy (non-hydrogen) atoms. The first-order valence-electron chi connectivity index (χ1n) is 9.37. The van der Waals surface area contributed by atoms with Crippen molar-refractivity contribution >= 4 is 28.1 Å². The Hall–Kier alpha value is -1.56. The van der Waals surface area contributed by atoms with Crippen LogP contribution in [0.5, 0.6) is 0 Å². The highest BCUT2D eigenvalue weighted by atomic mass is 35.5. The van der Waals surface area contributed by atoms with Crippen LogP contribution in [0.1, 0.15) is 49.8 Å². The molecule has 0 aromatic heterocycles. The topological polar surface area (TPSA) is 58.2 Å². The first-order valence-corrected chi connectivity index (χ1v) is 10.9. The van der Waals surface area contributed by atoms with Gasteiger partial charge in [0.15, 0.2) is 0 Å². The first-order chi connectivity index (χ1) is 12.4. The smallest absolute Gasteiger partial charge is 0.261 e. The van der Waals surface area contributed by atoms with Crippen molar-refractivity contribution in [2.75, 3.05) is 11.3 Å². The number of fused-ring (bicyclic) bond motifs is 1. The van der Waals surface area contributed by atoms with Gasteiger partial charge in [0.2, 0.25) is 0 Å². The van der Waals surface area contributed by atoms with E-state index in [1.807, 2.05) is 30.3 Å². The summed E-state index contributed by atoms with van der Waals surface area (Å²) in [7, 11) is -3.57. The van der Waals surface area contributed by atoms with Gasteiger partial charge in [-0.15, -0.1) is 12.4 Å². The summed E-state index contributed by atoms with van der Waals surface area (Å²) in [6.07, 6.45) is 3.08. The molecular formula is C21H29ClN2O2S. The number of rotatable bonds is 7. The summed E-state index contributed by atoms with van der Waals surface area (Å²) in [5.74, 6) is 0.380. The SMILES string of the molecule is CCCN[C@H]1Cc2ccc(NS(=O)(=O)c3ccc(C(C)C)cc3)cc2C1.Cl. The van der Waals surface area contributed by atoms with E-state index in [-0.39, 0.29) is 12.4 Å². The maximum atomic E-state index is 12.7. The van der Waals surface area contributed by atoms with E-state index in [9.17, 15) is 8.42 Å². The molecule has 2 aromatic carbocycles. The molecule has 148 valence electrons. The molecule has 6 heteroatoms. The lowest BCUT2D eigenvalue weighted by molar-refractivity contribution is 0.532. The fourth-order valence-corrected chi connectivity index (χ4v) is 4.47. The van der Waals surface area contributed by atoms with Crippen molar-refractivity contribution in [1.29, 1.82) is 0 Å². The molecule has 0 spiro atoms. The van der Waals surface area contributed by atoms with Gasteiger partial charge < -0.3 is 5.32 Å². The quantitative estimate of drug-likeness (QED) is 0.709. The molecule has 0 radical (unpaired) electrons. The molecule has 1 aliphatic carbocycles. The summed E-state index contributed by atoms with van der Waals surface area (Å²) in [5.41, 5.74) is 4.30. The van der Waals surface area contributed by atoms with Crippen molar-refractivity contribution in [1.82, 2.24) is 5.32 Å². The highest BCUT2D eigenvalue weighted by Crippen LogP contribution is 2.27. The summed E-state index contributed by atoms with van der Waals surface area (Å²) >= 11 is 0. The molecular weight excluding hydrogens is 380 g/mol. The van der Waals surface area contributed by atoms with Gasteiger partial charge in [0.1, 0.15) is 0 Å². The molecule has 1 aliphatic rings. The lowest BCUT2D eigenvalue weighted by Gasteiger charge is -2.11. The van der Waals surface area contributed by atoms with Crippen molar-refractivity contribution in [3.8, 4) is 0 Å². The first kappa shape index (κ1) is 21.7. The zero-order valence-corrected chi connectivity index (χ0v) is 17.8. The van der Waals surface area contributed by atoms with Crippen LogP contribution in [-0.4, -0.2) is 21.0 Å². The molecule has 2 aromatic rings. The number of benzene rings is 2. The highest BCUT2D eigenvalue weighted by molar-refractivity contribution is 7.92. The third kappa shape index (κ3) is 5.24. The molecule has 0 saturated heterocycles. The van der Waals surface area contributed by atoms with Crippen molar-refractivity contribution in [2.45, 2.75) is 56.9 Å². The van der Waals surface area contributed by atoms with Crippen LogP contribution in [0, 0.1) is 0 Å². The summed E-state index contributed by atoms with van der Waals surface area (Å²) < 4.78 is 28.1. The molecule has 4 nitrogen and oxygen atoms in total. The van der Waals surface area contributed by atoms with Gasteiger partial charge in [0.25, 0.3) is 10.0 Å². The Morgan fingerprint density at radius 2 is 1.70 bits per heavy atom. The summed E-state index contributed by atoms with van der Waals surface area (Å²) in [4.78, 5) is 0.296. The Labute approximate surface area is 169 Å². The lowest BCUT2D eigenvalue weighted by atomic mass is 10.0. The van der Waals surface area contributed by atoms with E-state index < -0.39 is 10.0 Å². The van der Waals surface area contributed by atoms with Crippen LogP contribution in [0.25, 0.3) is 0 Å². The molecule has 2 N–H and O–H groups in total. The van der Waals surface area contributed by atoms with E-state index >= 15 is 0 Å². The van der Waals surface area contributed by atoms with E-state index in [2.05, 4.69) is 30.8 Å². The van der Waals surface area contributed by atoms with Gasteiger partial charge in [-0.25, -0.2) is 8.42 Å². The second-order valence-corrected chi connectivity index (χ2v) is 9.05. The van der Waals surface area contributed by atoms with Crippen LogP contribution in [0.4, 0.5) is 5.69 Å². The van der Waals surface area contributed by atoms with Crippen LogP contribution < -0.4 is 10.0 Å². The number of sulfonamides is 1. The minimum Gasteiger partial charge on any atom is -0.313 e. The van der Waals surface area contributed by atoms with E-state index in [0.29, 0.717) is 22.5 Å². The van der Waals surface area contributed by atoms with Crippen molar-refractivity contribution in [2.24, 2.45) is 0 Å². The number of anilines is 1. The van der Waals surface area contributed by atoms with Crippen molar-refractivity contribution < 1.29 is 8.42 Å². The molecule has 0 unspecified atom stereocenters. The molecule has 3 rings (SSSR count). The summed E-state index contributed by atoms with van der Waals surface area (Å²) in [6.45, 7) is 7.37. The van der Waals surface area contributed by atoms with Crippen LogP contribution >= 0.6 is 12.4 Å². The molecule has 0 saturated carbocycles. The Morgan fingerprint density at radius 1 is 1.04 bits per heavy atom. The van der Waals surface area contributed by atoms with Crippen LogP contribution in [0.3, 0.4) is 0 Å². The van der Waals surface area contributed by atoms with Crippen LogP contribution in [0.15, 0.2) is 47.4 Å². The molecule has 1 atom stereocenters. The van der Waals surface area contributed by atoms with Gasteiger partial charge in [0.05, 0.1) is 4.90 Å². The van der Waals surface area contributed by atoms with Gasteiger partial charge in [-0.1, -0.05) is 39.0 Å². The van der Waals surface area contributed by atoms with Crippen molar-refractivity contribution in [3.63, 3.8) is 0 Å². The summed E-state index contributed by atoms with van der Waals surface area (Å²) in [6, 6.07) is 13.5. The van der Waals surface area contributed by atoms with Crippen LogP contribution in [-0.2, 0) is 22.9 Å². The molecule has 0 aliphatic heterocycles. The van der Waals surface area contributed by atoms with Crippen LogP contribution in [0.2, 0.25) is 0 Å². The third-order valence-electron chi connectivity index (χ3n) is 4.93. The number of halogens is 1. The largest absolute Gasteiger partial charge is 0.313 e. The molecule has 0 heterocycles. The lowest BCUT2D eigenvalue weighted by Crippen LogP contribution is -2.29. The zero-order chi connectivity index (χ0) is 18.7. The maximum Gasteiger partial charge on any atom is 0.261 e. The second-order valence-electron chi connectivity index (χ2n) is 7.37. The zero-order valence-electron chi connectivity index (χ0n) is 16.2. The van der Waals surface area contributed by atoms with E-state index in [1.54, 1.807) is 12.1 Å². The monoisotopic (exact) mass is 408 g/mol. The van der Waals surface area contributed by atoms with E-state index in [1.165, 1.54) is 11.1 Å². The Bertz CT molecular complexity index is 864. The Kier molecular flexibility index (Phi) is 7.32. The standard InChI is InChI=1S/C21H28N2O2S.ClH/c1-4-11-22-20-12-17-5-8-19(13-18(17)14-20)23-26(24,25)21-9-6-16(7-10-21)15(2)3;/h5-10,13,15,20,22-23H,4,11-12,14H2,1-3H3;1H/t20-;/m0./s1.